The van der Waals surface area contributed by atoms with Gasteiger partial charge in [0.15, 0.2) is 11.7 Å². The highest BCUT2D eigenvalue weighted by molar-refractivity contribution is 6.03. The van der Waals surface area contributed by atoms with Gasteiger partial charge in [-0.15, -0.1) is 5.10 Å². The van der Waals surface area contributed by atoms with Crippen molar-refractivity contribution in [2.45, 2.75) is 53.5 Å². The first-order valence-electron chi connectivity index (χ1n) is 7.14. The fourth-order valence-electron chi connectivity index (χ4n) is 2.44. The van der Waals surface area contributed by atoms with E-state index in [0.29, 0.717) is 11.4 Å². The average molecular weight is 279 g/mol. The molecule has 0 aliphatic carbocycles. The second-order valence-corrected chi connectivity index (χ2v) is 4.90. The van der Waals surface area contributed by atoms with Gasteiger partial charge in [-0.25, -0.2) is 0 Å². The molecule has 1 rings (SSSR count). The van der Waals surface area contributed by atoms with Crippen LogP contribution in [0.3, 0.4) is 0 Å². The molecular formula is C14H25N5O. The van der Waals surface area contributed by atoms with E-state index >= 15 is 0 Å². The van der Waals surface area contributed by atoms with Crippen molar-refractivity contribution in [1.82, 2.24) is 10.2 Å². The summed E-state index contributed by atoms with van der Waals surface area (Å²) >= 11 is 0. The Morgan fingerprint density at radius 2 is 1.90 bits per heavy atom. The second-order valence-electron chi connectivity index (χ2n) is 4.90. The van der Waals surface area contributed by atoms with Crippen molar-refractivity contribution in [2.75, 3.05) is 11.4 Å². The lowest BCUT2D eigenvalue weighted by Crippen LogP contribution is -2.35. The minimum atomic E-state index is 0.0977. The molecule has 0 saturated carbocycles. The number of rotatable bonds is 6. The highest BCUT2D eigenvalue weighted by Gasteiger charge is 2.22. The van der Waals surface area contributed by atoms with Crippen molar-refractivity contribution in [3.63, 3.8) is 0 Å². The molecule has 0 aliphatic rings. The van der Waals surface area contributed by atoms with Gasteiger partial charge in [-0.05, 0) is 39.2 Å². The van der Waals surface area contributed by atoms with Crippen LogP contribution in [0.15, 0.2) is 5.16 Å². The van der Waals surface area contributed by atoms with Crippen molar-refractivity contribution in [1.29, 1.82) is 0 Å². The predicted molar refractivity (Wildman–Crippen MR) is 81.5 cm³/mol. The maximum Gasteiger partial charge on any atom is 0.174 e. The van der Waals surface area contributed by atoms with Crippen LogP contribution in [0, 0.1) is 0 Å². The minimum Gasteiger partial charge on any atom is -0.409 e. The number of hydrogen-bond donors (Lipinski definition) is 2. The molecule has 6 nitrogen and oxygen atoms in total. The van der Waals surface area contributed by atoms with Crippen molar-refractivity contribution in [3.05, 3.63) is 16.8 Å². The molecule has 0 aliphatic heterocycles. The van der Waals surface area contributed by atoms with Crippen LogP contribution in [0.2, 0.25) is 0 Å². The normalized spacial score (nSPS) is 12.0. The van der Waals surface area contributed by atoms with E-state index in [1.165, 1.54) is 0 Å². The lowest BCUT2D eigenvalue weighted by Gasteiger charge is -2.28. The Labute approximate surface area is 120 Å². The molecule has 1 aromatic heterocycles. The topological polar surface area (TPSA) is 87.6 Å². The Morgan fingerprint density at radius 3 is 2.30 bits per heavy atom. The highest BCUT2D eigenvalue weighted by Crippen LogP contribution is 2.25. The molecule has 6 heteroatoms. The average Bonchev–Trinajstić information content (AvgIpc) is 2.45. The van der Waals surface area contributed by atoms with Crippen molar-refractivity contribution in [2.24, 2.45) is 10.9 Å². The third kappa shape index (κ3) is 3.00. The van der Waals surface area contributed by atoms with Gasteiger partial charge in [-0.1, -0.05) is 19.0 Å². The van der Waals surface area contributed by atoms with Gasteiger partial charge in [-0.2, -0.15) is 5.10 Å². The van der Waals surface area contributed by atoms with Crippen LogP contribution >= 0.6 is 0 Å². The third-order valence-electron chi connectivity index (χ3n) is 3.43. The van der Waals surface area contributed by atoms with Crippen molar-refractivity contribution >= 4 is 11.7 Å². The van der Waals surface area contributed by atoms with Crippen LogP contribution < -0.4 is 10.6 Å². The minimum absolute atomic E-state index is 0.0977. The van der Waals surface area contributed by atoms with Crippen LogP contribution in [-0.4, -0.2) is 33.8 Å². The second kappa shape index (κ2) is 7.07. The molecule has 3 N–H and O–H groups in total. The standard InChI is InChI=1S/C14H25N5O/c1-6-10-11(7-2)16-17-14(12(10)13(15)18-20)19(8-3)9(4)5/h9,20H,6-8H2,1-5H3,(H2,15,18). The smallest absolute Gasteiger partial charge is 0.174 e. The van der Waals surface area contributed by atoms with Crippen LogP contribution in [-0.2, 0) is 12.8 Å². The number of nitrogens with zero attached hydrogens (tertiary/aromatic N) is 4. The number of aromatic nitrogens is 2. The summed E-state index contributed by atoms with van der Waals surface area (Å²) in [7, 11) is 0. The van der Waals surface area contributed by atoms with Crippen molar-refractivity contribution < 1.29 is 5.21 Å². The number of aryl methyl sites for hydroxylation is 1. The number of nitrogens with two attached hydrogens (primary N) is 1. The van der Waals surface area contributed by atoms with E-state index in [1.54, 1.807) is 0 Å². The van der Waals surface area contributed by atoms with Gasteiger partial charge in [-0.3, -0.25) is 0 Å². The van der Waals surface area contributed by atoms with Gasteiger partial charge in [0.05, 0.1) is 11.3 Å². The first kappa shape index (κ1) is 16.2. The molecule has 20 heavy (non-hydrogen) atoms. The summed E-state index contributed by atoms with van der Waals surface area (Å²) in [5.74, 6) is 0.785. The number of oxime groups is 1. The maximum atomic E-state index is 9.09. The summed E-state index contributed by atoms with van der Waals surface area (Å²) in [4.78, 5) is 2.10. The van der Waals surface area contributed by atoms with E-state index in [-0.39, 0.29) is 11.9 Å². The molecule has 0 bridgehead atoms. The molecule has 0 fully saturated rings. The number of anilines is 1. The zero-order valence-corrected chi connectivity index (χ0v) is 13.0. The molecule has 0 radical (unpaired) electrons. The lowest BCUT2D eigenvalue weighted by molar-refractivity contribution is 0.318. The van der Waals surface area contributed by atoms with E-state index < -0.39 is 0 Å². The quantitative estimate of drug-likeness (QED) is 0.359. The molecule has 112 valence electrons. The number of hydrogen-bond acceptors (Lipinski definition) is 5. The zero-order chi connectivity index (χ0) is 15.3. The summed E-state index contributed by atoms with van der Waals surface area (Å²) in [6, 6.07) is 0.261. The van der Waals surface area contributed by atoms with Gasteiger partial charge in [0.1, 0.15) is 0 Å². The zero-order valence-electron chi connectivity index (χ0n) is 13.0. The monoisotopic (exact) mass is 279 g/mol. The molecule has 1 aromatic rings. The van der Waals surface area contributed by atoms with Crippen LogP contribution in [0.25, 0.3) is 0 Å². The SMILES string of the molecule is CCc1nnc(N(CC)C(C)C)c(C(N)=NO)c1CC. The predicted octanol–water partition coefficient (Wildman–Crippen LogP) is 1.93. The van der Waals surface area contributed by atoms with Crippen LogP contribution in [0.5, 0.6) is 0 Å². The Balaban J connectivity index is 3.59. The van der Waals surface area contributed by atoms with Gasteiger partial charge in [0, 0.05) is 12.6 Å². The molecule has 0 amide bonds. The summed E-state index contributed by atoms with van der Waals surface area (Å²) in [6.45, 7) is 11.1. The molecule has 0 atom stereocenters. The molecular weight excluding hydrogens is 254 g/mol. The first-order chi connectivity index (χ1) is 9.51. The summed E-state index contributed by atoms with van der Waals surface area (Å²) < 4.78 is 0. The van der Waals surface area contributed by atoms with E-state index in [4.69, 9.17) is 10.9 Å². The maximum absolute atomic E-state index is 9.09. The highest BCUT2D eigenvalue weighted by atomic mass is 16.4. The van der Waals surface area contributed by atoms with Gasteiger partial charge in [0.25, 0.3) is 0 Å². The largest absolute Gasteiger partial charge is 0.409 e. The van der Waals surface area contributed by atoms with Crippen LogP contribution in [0.4, 0.5) is 5.82 Å². The summed E-state index contributed by atoms with van der Waals surface area (Å²) in [5, 5.41) is 20.9. The Kier molecular flexibility index (Phi) is 5.73. The molecule has 0 aromatic carbocycles. The fourth-order valence-corrected chi connectivity index (χ4v) is 2.44. The molecule has 0 saturated heterocycles. The number of amidine groups is 1. The summed E-state index contributed by atoms with van der Waals surface area (Å²) in [5.41, 5.74) is 8.51. The molecule has 1 heterocycles. The molecule has 0 spiro atoms. The summed E-state index contributed by atoms with van der Waals surface area (Å²) in [6.07, 6.45) is 1.54. The Morgan fingerprint density at radius 1 is 1.25 bits per heavy atom. The van der Waals surface area contributed by atoms with Gasteiger partial charge in [0.2, 0.25) is 0 Å². The van der Waals surface area contributed by atoms with Crippen LogP contribution in [0.1, 0.15) is 51.4 Å². The Bertz CT molecular complexity index is 485. The third-order valence-corrected chi connectivity index (χ3v) is 3.43. The van der Waals surface area contributed by atoms with E-state index in [1.807, 2.05) is 13.8 Å². The van der Waals surface area contributed by atoms with E-state index in [9.17, 15) is 0 Å². The molecule has 0 unspecified atom stereocenters. The van der Waals surface area contributed by atoms with Gasteiger partial charge >= 0.3 is 0 Å². The van der Waals surface area contributed by atoms with E-state index in [2.05, 4.69) is 41.0 Å². The Hall–Kier alpha value is -1.85. The lowest BCUT2D eigenvalue weighted by atomic mass is 10.0. The first-order valence-corrected chi connectivity index (χ1v) is 7.14. The van der Waals surface area contributed by atoms with Crippen molar-refractivity contribution in [3.8, 4) is 0 Å². The van der Waals surface area contributed by atoms with Gasteiger partial charge < -0.3 is 15.8 Å². The fraction of sp³-hybridized carbons (Fsp3) is 0.643. The van der Waals surface area contributed by atoms with E-state index in [0.717, 1.165) is 30.6 Å².